The van der Waals surface area contributed by atoms with Gasteiger partial charge in [-0.15, -0.1) is 0 Å². The van der Waals surface area contributed by atoms with Crippen LogP contribution < -0.4 is 0 Å². The molecule has 0 N–H and O–H groups in total. The van der Waals surface area contributed by atoms with E-state index in [-0.39, 0.29) is 38.0 Å². The van der Waals surface area contributed by atoms with Gasteiger partial charge in [0.25, 0.3) is 0 Å². The molecule has 0 fully saturated rings. The van der Waals surface area contributed by atoms with E-state index in [0.29, 0.717) is 0 Å². The number of carbonyl (C=O) groups is 2. The Kier molecular flexibility index (Phi) is 17.7. The molecule has 0 aliphatic carbocycles. The quantitative estimate of drug-likeness (QED) is 0.220. The van der Waals surface area contributed by atoms with Crippen LogP contribution in [-0.2, 0) is 19.1 Å². The highest BCUT2D eigenvalue weighted by Gasteiger charge is 2.07. The van der Waals surface area contributed by atoms with E-state index >= 15 is 0 Å². The topological polar surface area (TPSA) is 52.6 Å². The summed E-state index contributed by atoms with van der Waals surface area (Å²) in [7, 11) is 0. The second-order valence-corrected chi connectivity index (χ2v) is 5.72. The molecule has 0 atom stereocenters. The van der Waals surface area contributed by atoms with Crippen molar-refractivity contribution in [3.8, 4) is 0 Å². The molecule has 0 saturated carbocycles. The van der Waals surface area contributed by atoms with Crippen LogP contribution in [0.3, 0.4) is 0 Å². The maximum Gasteiger partial charge on any atom is 0.306 e. The molecular formula is C22H34O4. The molecule has 0 spiro atoms. The zero-order valence-corrected chi connectivity index (χ0v) is 16.3. The van der Waals surface area contributed by atoms with E-state index in [1.807, 2.05) is 24.3 Å². The fourth-order valence-electron chi connectivity index (χ4n) is 1.96. The van der Waals surface area contributed by atoms with Crippen LogP contribution in [0.2, 0.25) is 0 Å². The summed E-state index contributed by atoms with van der Waals surface area (Å²) in [6.07, 6.45) is 22.3. The van der Waals surface area contributed by atoms with Gasteiger partial charge in [-0.25, -0.2) is 0 Å². The summed E-state index contributed by atoms with van der Waals surface area (Å²) in [5, 5.41) is 0. The molecule has 26 heavy (non-hydrogen) atoms. The van der Waals surface area contributed by atoms with Crippen molar-refractivity contribution in [3.63, 3.8) is 0 Å². The van der Waals surface area contributed by atoms with Gasteiger partial charge in [0.05, 0.1) is 12.8 Å². The maximum absolute atomic E-state index is 11.5. The van der Waals surface area contributed by atoms with Gasteiger partial charge in [0.2, 0.25) is 0 Å². The second kappa shape index (κ2) is 19.2. The van der Waals surface area contributed by atoms with Crippen LogP contribution in [-0.4, -0.2) is 25.2 Å². The molecule has 0 aliphatic rings. The van der Waals surface area contributed by atoms with Crippen LogP contribution in [0.1, 0.15) is 65.2 Å². The van der Waals surface area contributed by atoms with E-state index in [1.165, 1.54) is 0 Å². The number of unbranched alkanes of at least 4 members (excludes halogenated alkanes) is 2. The first-order chi connectivity index (χ1) is 12.7. The summed E-state index contributed by atoms with van der Waals surface area (Å²) in [5.41, 5.74) is 0. The van der Waals surface area contributed by atoms with Crippen molar-refractivity contribution in [1.29, 1.82) is 0 Å². The van der Waals surface area contributed by atoms with Gasteiger partial charge in [0, 0.05) is 0 Å². The third kappa shape index (κ3) is 18.2. The molecular weight excluding hydrogens is 328 g/mol. The summed E-state index contributed by atoms with van der Waals surface area (Å²) < 4.78 is 10.1. The Balaban J connectivity index is 3.59. The first-order valence-corrected chi connectivity index (χ1v) is 9.61. The number of esters is 2. The zero-order chi connectivity index (χ0) is 19.3. The van der Waals surface area contributed by atoms with Crippen molar-refractivity contribution in [1.82, 2.24) is 0 Å². The Morgan fingerprint density at radius 3 is 1.27 bits per heavy atom. The summed E-state index contributed by atoms with van der Waals surface area (Å²) in [5.74, 6) is -0.758. The van der Waals surface area contributed by atoms with Gasteiger partial charge in [-0.05, 0) is 38.5 Å². The lowest BCUT2D eigenvalue weighted by Gasteiger charge is -2.02. The molecule has 0 amide bonds. The Bertz CT molecular complexity index is 429. The fraction of sp³-hybridized carbons (Fsp3) is 0.545. The van der Waals surface area contributed by atoms with E-state index in [0.717, 1.165) is 38.5 Å². The van der Waals surface area contributed by atoms with Crippen LogP contribution in [0.25, 0.3) is 0 Å². The van der Waals surface area contributed by atoms with E-state index in [4.69, 9.17) is 9.47 Å². The van der Waals surface area contributed by atoms with Gasteiger partial charge in [0.15, 0.2) is 0 Å². The predicted molar refractivity (Wildman–Crippen MR) is 107 cm³/mol. The van der Waals surface area contributed by atoms with Crippen molar-refractivity contribution in [2.45, 2.75) is 65.2 Å². The van der Waals surface area contributed by atoms with E-state index in [9.17, 15) is 9.59 Å². The van der Waals surface area contributed by atoms with Crippen LogP contribution in [0.4, 0.5) is 0 Å². The highest BCUT2D eigenvalue weighted by atomic mass is 16.5. The molecule has 0 rings (SSSR count). The Labute approximate surface area is 158 Å². The maximum atomic E-state index is 11.5. The standard InChI is InChI=1S/C22H34O4/c1-3-5-7-9-11-13-15-19-25-21(23)17-18-22(24)26-20-16-14-12-10-8-6-4-2/h5-8,13-16H,3-4,9-12,17-20H2,1-2H3/b7-5+,8-6+,15-13+,16-14+. The number of rotatable bonds is 15. The first kappa shape index (κ1) is 23.9. The van der Waals surface area contributed by atoms with E-state index in [2.05, 4.69) is 38.2 Å². The molecule has 4 heteroatoms. The molecule has 0 radical (unpaired) electrons. The zero-order valence-electron chi connectivity index (χ0n) is 16.3. The molecule has 0 aromatic carbocycles. The Morgan fingerprint density at radius 1 is 0.577 bits per heavy atom. The molecule has 146 valence electrons. The van der Waals surface area contributed by atoms with Gasteiger partial charge < -0.3 is 9.47 Å². The summed E-state index contributed by atoms with van der Waals surface area (Å²) >= 11 is 0. The lowest BCUT2D eigenvalue weighted by Crippen LogP contribution is -2.10. The fourth-order valence-corrected chi connectivity index (χ4v) is 1.96. The number of ether oxygens (including phenoxy) is 2. The third-order valence-corrected chi connectivity index (χ3v) is 3.35. The van der Waals surface area contributed by atoms with Gasteiger partial charge in [-0.3, -0.25) is 9.59 Å². The van der Waals surface area contributed by atoms with Crippen molar-refractivity contribution >= 4 is 11.9 Å². The minimum atomic E-state index is -0.379. The highest BCUT2D eigenvalue weighted by Crippen LogP contribution is 1.99. The van der Waals surface area contributed by atoms with Gasteiger partial charge in [-0.2, -0.15) is 0 Å². The summed E-state index contributed by atoms with van der Waals surface area (Å²) in [6, 6.07) is 0. The number of hydrogen-bond acceptors (Lipinski definition) is 4. The summed E-state index contributed by atoms with van der Waals surface area (Å²) in [6.45, 7) is 4.71. The SMILES string of the molecule is CC/C=C/CC/C=C/COC(=O)CCC(=O)OC/C=C/CC/C=C/CC. The molecule has 0 aromatic rings. The predicted octanol–water partition coefficient (Wildman–Crippen LogP) is 5.46. The molecule has 0 bridgehead atoms. The van der Waals surface area contributed by atoms with Crippen molar-refractivity contribution in [2.75, 3.05) is 13.2 Å². The second-order valence-electron chi connectivity index (χ2n) is 5.72. The Hall–Kier alpha value is -2.10. The Morgan fingerprint density at radius 2 is 0.923 bits per heavy atom. The smallest absolute Gasteiger partial charge is 0.306 e. The molecule has 0 aromatic heterocycles. The highest BCUT2D eigenvalue weighted by molar-refractivity contribution is 5.77. The van der Waals surface area contributed by atoms with Crippen molar-refractivity contribution < 1.29 is 19.1 Å². The number of allylic oxidation sites excluding steroid dienone is 6. The number of carbonyl (C=O) groups excluding carboxylic acids is 2. The van der Waals surface area contributed by atoms with Crippen LogP contribution in [0.5, 0.6) is 0 Å². The third-order valence-electron chi connectivity index (χ3n) is 3.35. The van der Waals surface area contributed by atoms with Crippen LogP contribution in [0, 0.1) is 0 Å². The molecule has 0 heterocycles. The largest absolute Gasteiger partial charge is 0.461 e. The minimum Gasteiger partial charge on any atom is -0.461 e. The average molecular weight is 363 g/mol. The van der Waals surface area contributed by atoms with Crippen molar-refractivity contribution in [2.24, 2.45) is 0 Å². The molecule has 0 aliphatic heterocycles. The lowest BCUT2D eigenvalue weighted by molar-refractivity contribution is -0.149. The lowest BCUT2D eigenvalue weighted by atomic mass is 10.2. The van der Waals surface area contributed by atoms with Crippen LogP contribution >= 0.6 is 0 Å². The minimum absolute atomic E-state index is 0.0530. The van der Waals surface area contributed by atoms with Crippen LogP contribution in [0.15, 0.2) is 48.6 Å². The van der Waals surface area contributed by atoms with E-state index < -0.39 is 0 Å². The molecule has 4 nitrogen and oxygen atoms in total. The first-order valence-electron chi connectivity index (χ1n) is 9.61. The van der Waals surface area contributed by atoms with Crippen molar-refractivity contribution in [3.05, 3.63) is 48.6 Å². The van der Waals surface area contributed by atoms with Gasteiger partial charge in [-0.1, -0.05) is 62.5 Å². The molecule has 0 unspecified atom stereocenters. The monoisotopic (exact) mass is 362 g/mol. The normalized spacial score (nSPS) is 11.9. The van der Waals surface area contributed by atoms with E-state index in [1.54, 1.807) is 0 Å². The molecule has 0 saturated heterocycles. The average Bonchev–Trinajstić information content (AvgIpc) is 2.64. The number of hydrogen-bond donors (Lipinski definition) is 0. The summed E-state index contributed by atoms with van der Waals surface area (Å²) in [4.78, 5) is 23.1. The van der Waals surface area contributed by atoms with Gasteiger partial charge >= 0.3 is 11.9 Å². The van der Waals surface area contributed by atoms with Gasteiger partial charge in [0.1, 0.15) is 13.2 Å².